The molecule has 0 aromatic carbocycles. The summed E-state index contributed by atoms with van der Waals surface area (Å²) in [6, 6.07) is 0. The van der Waals surface area contributed by atoms with Crippen molar-refractivity contribution in [2.75, 3.05) is 27.2 Å². The van der Waals surface area contributed by atoms with E-state index in [1.165, 1.54) is 20.0 Å². The zero-order valence-electron chi connectivity index (χ0n) is 7.17. The molecule has 1 saturated carbocycles. The van der Waals surface area contributed by atoms with Gasteiger partial charge in [-0.15, -0.1) is 0 Å². The molecule has 1 fully saturated rings. The Morgan fingerprint density at radius 1 is 1.64 bits per heavy atom. The van der Waals surface area contributed by atoms with Gasteiger partial charge >= 0.3 is 5.97 Å². The number of carbonyl (C=O) groups is 1. The SMILES string of the molecule is COC(=O)CN(C)CC1CC1. The van der Waals surface area contributed by atoms with E-state index in [9.17, 15) is 4.79 Å². The molecule has 3 nitrogen and oxygen atoms in total. The minimum Gasteiger partial charge on any atom is -0.468 e. The van der Waals surface area contributed by atoms with Gasteiger partial charge in [0.15, 0.2) is 0 Å². The van der Waals surface area contributed by atoms with Crippen LogP contribution in [0.5, 0.6) is 0 Å². The van der Waals surface area contributed by atoms with Crippen molar-refractivity contribution < 1.29 is 9.53 Å². The smallest absolute Gasteiger partial charge is 0.319 e. The molecule has 0 aliphatic heterocycles. The fourth-order valence-corrected chi connectivity index (χ4v) is 1.09. The van der Waals surface area contributed by atoms with Crippen molar-refractivity contribution in [2.24, 2.45) is 5.92 Å². The number of carbonyl (C=O) groups excluding carboxylic acids is 1. The summed E-state index contributed by atoms with van der Waals surface area (Å²) in [5, 5.41) is 0. The predicted octanol–water partition coefficient (Wildman–Crippen LogP) is 0.501. The third kappa shape index (κ3) is 3.37. The summed E-state index contributed by atoms with van der Waals surface area (Å²) in [4.78, 5) is 12.8. The molecule has 0 spiro atoms. The second kappa shape index (κ2) is 3.72. The Morgan fingerprint density at radius 2 is 2.27 bits per heavy atom. The van der Waals surface area contributed by atoms with Crippen molar-refractivity contribution in [1.82, 2.24) is 4.90 Å². The Balaban J connectivity index is 2.08. The molecule has 0 atom stereocenters. The Morgan fingerprint density at radius 3 is 2.73 bits per heavy atom. The van der Waals surface area contributed by atoms with Gasteiger partial charge in [-0.05, 0) is 25.8 Å². The number of ether oxygens (including phenoxy) is 1. The molecule has 11 heavy (non-hydrogen) atoms. The highest BCUT2D eigenvalue weighted by molar-refractivity contribution is 5.71. The first-order chi connectivity index (χ1) is 5.22. The van der Waals surface area contributed by atoms with Gasteiger partial charge in [-0.1, -0.05) is 0 Å². The highest BCUT2D eigenvalue weighted by Crippen LogP contribution is 2.29. The summed E-state index contributed by atoms with van der Waals surface area (Å²) in [6.07, 6.45) is 2.65. The number of hydrogen-bond donors (Lipinski definition) is 0. The van der Waals surface area contributed by atoms with Crippen LogP contribution in [0.1, 0.15) is 12.8 Å². The fraction of sp³-hybridized carbons (Fsp3) is 0.875. The lowest BCUT2D eigenvalue weighted by Crippen LogP contribution is -2.28. The van der Waals surface area contributed by atoms with Gasteiger partial charge in [0.2, 0.25) is 0 Å². The second-order valence-corrected chi connectivity index (χ2v) is 3.22. The van der Waals surface area contributed by atoms with E-state index in [2.05, 4.69) is 4.74 Å². The van der Waals surface area contributed by atoms with Crippen LogP contribution < -0.4 is 0 Å². The summed E-state index contributed by atoms with van der Waals surface area (Å²) in [5.74, 6) is 0.692. The standard InChI is InChI=1S/C8H15NO2/c1-9(5-7-3-4-7)6-8(10)11-2/h7H,3-6H2,1-2H3. The van der Waals surface area contributed by atoms with Crippen LogP contribution >= 0.6 is 0 Å². The van der Waals surface area contributed by atoms with Gasteiger partial charge < -0.3 is 4.74 Å². The monoisotopic (exact) mass is 157 g/mol. The molecule has 0 N–H and O–H groups in total. The molecule has 1 aliphatic carbocycles. The molecule has 1 rings (SSSR count). The van der Waals surface area contributed by atoms with Gasteiger partial charge in [-0.25, -0.2) is 0 Å². The van der Waals surface area contributed by atoms with Crippen LogP contribution in [0.4, 0.5) is 0 Å². The molecule has 64 valence electrons. The maximum absolute atomic E-state index is 10.8. The molecule has 0 saturated heterocycles. The van der Waals surface area contributed by atoms with E-state index < -0.39 is 0 Å². The summed E-state index contributed by atoms with van der Waals surface area (Å²) < 4.78 is 4.54. The van der Waals surface area contributed by atoms with Gasteiger partial charge in [0.1, 0.15) is 0 Å². The molecular weight excluding hydrogens is 142 g/mol. The molecule has 0 heterocycles. The van der Waals surface area contributed by atoms with E-state index >= 15 is 0 Å². The van der Waals surface area contributed by atoms with Crippen LogP contribution in [0.3, 0.4) is 0 Å². The van der Waals surface area contributed by atoms with E-state index in [0.717, 1.165) is 12.5 Å². The molecular formula is C8H15NO2. The van der Waals surface area contributed by atoms with Gasteiger partial charge in [-0.2, -0.15) is 0 Å². The van der Waals surface area contributed by atoms with E-state index in [-0.39, 0.29) is 5.97 Å². The van der Waals surface area contributed by atoms with Crippen molar-refractivity contribution in [3.8, 4) is 0 Å². The van der Waals surface area contributed by atoms with Crippen LogP contribution in [0.15, 0.2) is 0 Å². The third-order valence-corrected chi connectivity index (χ3v) is 1.89. The van der Waals surface area contributed by atoms with Gasteiger partial charge in [0.25, 0.3) is 0 Å². The molecule has 0 aromatic heterocycles. The van der Waals surface area contributed by atoms with Crippen molar-refractivity contribution in [3.05, 3.63) is 0 Å². The summed E-state index contributed by atoms with van der Waals surface area (Å²) in [5.41, 5.74) is 0. The summed E-state index contributed by atoms with van der Waals surface area (Å²) >= 11 is 0. The number of likely N-dealkylation sites (N-methyl/N-ethyl adjacent to an activating group) is 1. The highest BCUT2D eigenvalue weighted by Gasteiger charge is 2.23. The van der Waals surface area contributed by atoms with Crippen molar-refractivity contribution >= 4 is 5.97 Å². The Labute approximate surface area is 67.3 Å². The van der Waals surface area contributed by atoms with Crippen molar-refractivity contribution in [1.29, 1.82) is 0 Å². The van der Waals surface area contributed by atoms with Gasteiger partial charge in [0, 0.05) is 6.54 Å². The Kier molecular flexibility index (Phi) is 2.88. The molecule has 0 radical (unpaired) electrons. The Bertz CT molecular complexity index is 143. The molecule has 1 aliphatic rings. The quantitative estimate of drug-likeness (QED) is 0.557. The lowest BCUT2D eigenvalue weighted by Gasteiger charge is -2.13. The van der Waals surface area contributed by atoms with E-state index in [1.54, 1.807) is 0 Å². The molecule has 0 aromatic rings. The zero-order valence-corrected chi connectivity index (χ0v) is 7.17. The fourth-order valence-electron chi connectivity index (χ4n) is 1.09. The van der Waals surface area contributed by atoms with E-state index in [1.807, 2.05) is 11.9 Å². The number of methoxy groups -OCH3 is 1. The molecule has 0 unspecified atom stereocenters. The topological polar surface area (TPSA) is 29.5 Å². The first-order valence-corrected chi connectivity index (χ1v) is 3.97. The molecule has 0 amide bonds. The number of rotatable bonds is 4. The third-order valence-electron chi connectivity index (χ3n) is 1.89. The average Bonchev–Trinajstić information content (AvgIpc) is 2.71. The maximum atomic E-state index is 10.8. The first-order valence-electron chi connectivity index (χ1n) is 3.97. The Hall–Kier alpha value is -0.570. The van der Waals surface area contributed by atoms with Gasteiger partial charge in [0.05, 0.1) is 13.7 Å². The van der Waals surface area contributed by atoms with E-state index in [4.69, 9.17) is 0 Å². The van der Waals surface area contributed by atoms with Gasteiger partial charge in [-0.3, -0.25) is 9.69 Å². The van der Waals surface area contributed by atoms with Crippen LogP contribution in [-0.4, -0.2) is 38.1 Å². The lowest BCUT2D eigenvalue weighted by molar-refractivity contribution is -0.141. The lowest BCUT2D eigenvalue weighted by atomic mass is 10.4. The highest BCUT2D eigenvalue weighted by atomic mass is 16.5. The largest absolute Gasteiger partial charge is 0.468 e. The predicted molar refractivity (Wildman–Crippen MR) is 42.2 cm³/mol. The summed E-state index contributed by atoms with van der Waals surface area (Å²) in [7, 11) is 3.38. The molecule has 0 bridgehead atoms. The van der Waals surface area contributed by atoms with E-state index in [0.29, 0.717) is 6.54 Å². The second-order valence-electron chi connectivity index (χ2n) is 3.22. The minimum absolute atomic E-state index is 0.145. The normalized spacial score (nSPS) is 17.0. The minimum atomic E-state index is -0.145. The number of nitrogens with zero attached hydrogens (tertiary/aromatic N) is 1. The van der Waals surface area contributed by atoms with Crippen LogP contribution in [0, 0.1) is 5.92 Å². The van der Waals surface area contributed by atoms with Crippen LogP contribution in [0.2, 0.25) is 0 Å². The molecule has 3 heteroatoms. The van der Waals surface area contributed by atoms with Crippen molar-refractivity contribution in [3.63, 3.8) is 0 Å². The summed E-state index contributed by atoms with van der Waals surface area (Å²) in [6.45, 7) is 1.46. The van der Waals surface area contributed by atoms with Crippen LogP contribution in [0.25, 0.3) is 0 Å². The zero-order chi connectivity index (χ0) is 8.27. The van der Waals surface area contributed by atoms with Crippen molar-refractivity contribution in [2.45, 2.75) is 12.8 Å². The first kappa shape index (κ1) is 8.53. The average molecular weight is 157 g/mol. The number of hydrogen-bond acceptors (Lipinski definition) is 3. The van der Waals surface area contributed by atoms with Crippen LogP contribution in [-0.2, 0) is 9.53 Å². The number of esters is 1. The maximum Gasteiger partial charge on any atom is 0.319 e.